The Balaban J connectivity index is 1.96. The minimum Gasteiger partial charge on any atom is -0.394 e. The average molecular weight is 270 g/mol. The van der Waals surface area contributed by atoms with Gasteiger partial charge in [0.2, 0.25) is 0 Å². The van der Waals surface area contributed by atoms with Gasteiger partial charge >= 0.3 is 6.03 Å². The van der Waals surface area contributed by atoms with Crippen molar-refractivity contribution in [1.29, 1.82) is 0 Å². The maximum atomic E-state index is 11.8. The molecule has 18 heavy (non-hydrogen) atoms. The quantitative estimate of drug-likeness (QED) is 0.736. The molecule has 3 N–H and O–H groups in total. The molecular formula is C12H16ClN3O2. The van der Waals surface area contributed by atoms with Crippen molar-refractivity contribution in [1.82, 2.24) is 10.3 Å². The lowest BCUT2D eigenvalue weighted by molar-refractivity contribution is 0.167. The van der Waals surface area contributed by atoms with Crippen molar-refractivity contribution in [2.45, 2.75) is 31.2 Å². The number of pyridine rings is 1. The molecule has 2 amide bonds. The van der Waals surface area contributed by atoms with E-state index in [1.807, 2.05) is 0 Å². The zero-order valence-electron chi connectivity index (χ0n) is 9.95. The van der Waals surface area contributed by atoms with Crippen LogP contribution in [0.2, 0.25) is 5.15 Å². The summed E-state index contributed by atoms with van der Waals surface area (Å²) in [6.45, 7) is -0.0302. The van der Waals surface area contributed by atoms with Crippen LogP contribution >= 0.6 is 11.6 Å². The van der Waals surface area contributed by atoms with Gasteiger partial charge in [-0.2, -0.15) is 0 Å². The van der Waals surface area contributed by atoms with Gasteiger partial charge < -0.3 is 15.7 Å². The number of amides is 2. The van der Waals surface area contributed by atoms with Crippen LogP contribution in [0.1, 0.15) is 25.7 Å². The molecule has 1 aromatic heterocycles. The van der Waals surface area contributed by atoms with Crippen LogP contribution in [-0.4, -0.2) is 28.3 Å². The molecule has 1 fully saturated rings. The van der Waals surface area contributed by atoms with Crippen LogP contribution in [0.5, 0.6) is 0 Å². The molecule has 1 heterocycles. The summed E-state index contributed by atoms with van der Waals surface area (Å²) in [4.78, 5) is 15.7. The van der Waals surface area contributed by atoms with Crippen LogP contribution in [-0.2, 0) is 0 Å². The van der Waals surface area contributed by atoms with E-state index in [2.05, 4.69) is 15.6 Å². The van der Waals surface area contributed by atoms with Gasteiger partial charge in [0, 0.05) is 11.9 Å². The van der Waals surface area contributed by atoms with Crippen molar-refractivity contribution in [2.75, 3.05) is 11.9 Å². The zero-order valence-corrected chi connectivity index (χ0v) is 10.7. The molecule has 0 atom stereocenters. The standard InChI is InChI=1S/C12H16ClN3O2/c13-10-7-9(3-6-14-10)15-11(18)16-12(8-17)4-1-2-5-12/h3,6-7,17H,1-2,4-5,8H2,(H2,14,15,16,18). The second-order valence-electron chi connectivity index (χ2n) is 4.59. The Kier molecular flexibility index (Phi) is 4.04. The van der Waals surface area contributed by atoms with Crippen molar-refractivity contribution in [2.24, 2.45) is 0 Å². The van der Waals surface area contributed by atoms with Crippen molar-refractivity contribution >= 4 is 23.3 Å². The second-order valence-corrected chi connectivity index (χ2v) is 4.98. The normalized spacial score (nSPS) is 17.4. The molecule has 0 aromatic carbocycles. The monoisotopic (exact) mass is 269 g/mol. The highest BCUT2D eigenvalue weighted by Gasteiger charge is 2.34. The van der Waals surface area contributed by atoms with Gasteiger partial charge in [0.1, 0.15) is 5.15 Å². The topological polar surface area (TPSA) is 74.2 Å². The number of nitrogens with one attached hydrogen (secondary N) is 2. The van der Waals surface area contributed by atoms with Gasteiger partial charge in [0.05, 0.1) is 12.1 Å². The first-order valence-electron chi connectivity index (χ1n) is 5.95. The summed E-state index contributed by atoms with van der Waals surface area (Å²) in [5.41, 5.74) is 0.111. The molecule has 0 radical (unpaired) electrons. The van der Waals surface area contributed by atoms with E-state index in [0.717, 1.165) is 25.7 Å². The van der Waals surface area contributed by atoms with E-state index in [-0.39, 0.29) is 12.6 Å². The highest BCUT2D eigenvalue weighted by molar-refractivity contribution is 6.29. The lowest BCUT2D eigenvalue weighted by Crippen LogP contribution is -2.50. The summed E-state index contributed by atoms with van der Waals surface area (Å²) < 4.78 is 0. The third-order valence-electron chi connectivity index (χ3n) is 3.23. The minimum absolute atomic E-state index is 0.0302. The molecular weight excluding hydrogens is 254 g/mol. The number of anilines is 1. The van der Waals surface area contributed by atoms with Crippen LogP contribution in [0.15, 0.2) is 18.3 Å². The number of nitrogens with zero attached hydrogens (tertiary/aromatic N) is 1. The molecule has 98 valence electrons. The van der Waals surface area contributed by atoms with Crippen molar-refractivity contribution in [3.8, 4) is 0 Å². The van der Waals surface area contributed by atoms with Crippen LogP contribution < -0.4 is 10.6 Å². The molecule has 0 aliphatic heterocycles. The average Bonchev–Trinajstić information content (AvgIpc) is 2.78. The van der Waals surface area contributed by atoms with Crippen molar-refractivity contribution < 1.29 is 9.90 Å². The fraction of sp³-hybridized carbons (Fsp3) is 0.500. The Bertz CT molecular complexity index is 433. The third kappa shape index (κ3) is 3.11. The van der Waals surface area contributed by atoms with E-state index < -0.39 is 5.54 Å². The predicted octanol–water partition coefficient (Wildman–Crippen LogP) is 2.16. The van der Waals surface area contributed by atoms with E-state index in [0.29, 0.717) is 10.8 Å². The number of urea groups is 1. The molecule has 0 bridgehead atoms. The fourth-order valence-corrected chi connectivity index (χ4v) is 2.43. The van der Waals surface area contributed by atoms with E-state index >= 15 is 0 Å². The maximum Gasteiger partial charge on any atom is 0.319 e. The molecule has 0 spiro atoms. The van der Waals surface area contributed by atoms with Crippen molar-refractivity contribution in [3.05, 3.63) is 23.5 Å². The second kappa shape index (κ2) is 5.54. The number of rotatable bonds is 3. The highest BCUT2D eigenvalue weighted by Crippen LogP contribution is 2.29. The van der Waals surface area contributed by atoms with Gasteiger partial charge in [-0.05, 0) is 25.0 Å². The first-order chi connectivity index (χ1) is 8.63. The van der Waals surface area contributed by atoms with Crippen LogP contribution in [0.25, 0.3) is 0 Å². The Morgan fingerprint density at radius 2 is 2.22 bits per heavy atom. The summed E-state index contributed by atoms with van der Waals surface area (Å²) >= 11 is 5.73. The summed E-state index contributed by atoms with van der Waals surface area (Å²) in [5.74, 6) is 0. The van der Waals surface area contributed by atoms with Gasteiger partial charge in [0.25, 0.3) is 0 Å². The number of carbonyl (C=O) groups excluding carboxylic acids is 1. The molecule has 1 saturated carbocycles. The molecule has 1 aromatic rings. The van der Waals surface area contributed by atoms with Gasteiger partial charge in [-0.1, -0.05) is 24.4 Å². The Labute approximate surface area is 111 Å². The Morgan fingerprint density at radius 3 is 2.83 bits per heavy atom. The molecule has 5 nitrogen and oxygen atoms in total. The molecule has 6 heteroatoms. The lowest BCUT2D eigenvalue weighted by atomic mass is 9.99. The van der Waals surface area contributed by atoms with Gasteiger partial charge in [0.15, 0.2) is 0 Å². The van der Waals surface area contributed by atoms with Crippen LogP contribution in [0.4, 0.5) is 10.5 Å². The highest BCUT2D eigenvalue weighted by atomic mass is 35.5. The number of aromatic nitrogens is 1. The summed E-state index contributed by atoms with van der Waals surface area (Å²) in [7, 11) is 0. The summed E-state index contributed by atoms with van der Waals surface area (Å²) in [5, 5.41) is 15.3. The number of halogens is 1. The Hall–Kier alpha value is -1.33. The van der Waals surface area contributed by atoms with E-state index in [1.165, 1.54) is 6.20 Å². The van der Waals surface area contributed by atoms with Gasteiger partial charge in [-0.25, -0.2) is 9.78 Å². The number of hydrogen-bond acceptors (Lipinski definition) is 3. The SMILES string of the molecule is O=C(Nc1ccnc(Cl)c1)NC1(CO)CCCC1. The number of carbonyl (C=O) groups is 1. The van der Waals surface area contributed by atoms with E-state index in [1.54, 1.807) is 12.1 Å². The van der Waals surface area contributed by atoms with Gasteiger partial charge in [-0.3, -0.25) is 0 Å². The Morgan fingerprint density at radius 1 is 1.50 bits per heavy atom. The first-order valence-corrected chi connectivity index (χ1v) is 6.33. The number of hydrogen-bond donors (Lipinski definition) is 3. The molecule has 0 unspecified atom stereocenters. The number of aliphatic hydroxyl groups is 1. The smallest absolute Gasteiger partial charge is 0.319 e. The molecule has 1 aliphatic carbocycles. The third-order valence-corrected chi connectivity index (χ3v) is 3.43. The first kappa shape index (κ1) is 13.1. The summed E-state index contributed by atoms with van der Waals surface area (Å²) in [6.07, 6.45) is 5.21. The molecule has 1 aliphatic rings. The van der Waals surface area contributed by atoms with Crippen LogP contribution in [0.3, 0.4) is 0 Å². The van der Waals surface area contributed by atoms with Gasteiger partial charge in [-0.15, -0.1) is 0 Å². The van der Waals surface area contributed by atoms with Crippen molar-refractivity contribution in [3.63, 3.8) is 0 Å². The predicted molar refractivity (Wildman–Crippen MR) is 69.7 cm³/mol. The lowest BCUT2D eigenvalue weighted by Gasteiger charge is -2.27. The fourth-order valence-electron chi connectivity index (χ4n) is 2.26. The van der Waals surface area contributed by atoms with E-state index in [4.69, 9.17) is 11.6 Å². The number of aliphatic hydroxyl groups excluding tert-OH is 1. The molecule has 2 rings (SSSR count). The maximum absolute atomic E-state index is 11.8. The minimum atomic E-state index is -0.471. The summed E-state index contributed by atoms with van der Waals surface area (Å²) in [6, 6.07) is 2.90. The molecule has 0 saturated heterocycles. The van der Waals surface area contributed by atoms with E-state index in [9.17, 15) is 9.90 Å². The van der Waals surface area contributed by atoms with Crippen LogP contribution in [0, 0.1) is 0 Å². The largest absolute Gasteiger partial charge is 0.394 e. The zero-order chi connectivity index (χ0) is 13.0.